The number of ether oxygens (including phenoxy) is 1. The maximum Gasteiger partial charge on any atom is 0.0873 e. The molecule has 1 aliphatic rings. The van der Waals surface area contributed by atoms with Crippen molar-refractivity contribution in [3.05, 3.63) is 34.9 Å². The Morgan fingerprint density at radius 2 is 2.44 bits per heavy atom. The van der Waals surface area contributed by atoms with Crippen LogP contribution in [0.25, 0.3) is 0 Å². The molecule has 1 aliphatic heterocycles. The first-order valence-electron chi connectivity index (χ1n) is 5.22. The van der Waals surface area contributed by atoms with Gasteiger partial charge >= 0.3 is 0 Å². The van der Waals surface area contributed by atoms with Crippen LogP contribution in [-0.4, -0.2) is 24.2 Å². The highest BCUT2D eigenvalue weighted by Gasteiger charge is 2.25. The quantitative estimate of drug-likeness (QED) is 0.643. The first kappa shape index (κ1) is 12.2. The number of hydrogen-bond acceptors (Lipinski definition) is 4. The first-order valence-corrected chi connectivity index (χ1v) is 6.75. The molecule has 1 saturated heterocycles. The number of nitrogens with one attached hydrogen (secondary N) is 1. The van der Waals surface area contributed by atoms with Crippen molar-refractivity contribution in [1.29, 1.82) is 0 Å². The van der Waals surface area contributed by atoms with E-state index in [9.17, 15) is 0 Å². The second-order valence-corrected chi connectivity index (χ2v) is 5.27. The highest BCUT2D eigenvalue weighted by molar-refractivity contribution is 7.99. The minimum absolute atomic E-state index is 0.00602. The zero-order valence-electron chi connectivity index (χ0n) is 8.86. The van der Waals surface area contributed by atoms with E-state index in [2.05, 4.69) is 5.43 Å². The summed E-state index contributed by atoms with van der Waals surface area (Å²) in [5, 5.41) is 0.723. The first-order chi connectivity index (χ1) is 7.81. The average molecular weight is 259 g/mol. The van der Waals surface area contributed by atoms with Crippen molar-refractivity contribution in [2.75, 3.05) is 18.1 Å². The highest BCUT2D eigenvalue weighted by atomic mass is 35.5. The lowest BCUT2D eigenvalue weighted by atomic mass is 10.0. The average Bonchev–Trinajstić information content (AvgIpc) is 2.31. The van der Waals surface area contributed by atoms with Crippen LogP contribution in [0.15, 0.2) is 24.3 Å². The third-order valence-electron chi connectivity index (χ3n) is 2.60. The Kier molecular flexibility index (Phi) is 4.49. The second kappa shape index (κ2) is 5.89. The summed E-state index contributed by atoms with van der Waals surface area (Å²) < 4.78 is 5.72. The lowest BCUT2D eigenvalue weighted by Crippen LogP contribution is -2.41. The number of benzene rings is 1. The van der Waals surface area contributed by atoms with Crippen molar-refractivity contribution in [3.63, 3.8) is 0 Å². The van der Waals surface area contributed by atoms with Crippen LogP contribution in [0, 0.1) is 0 Å². The van der Waals surface area contributed by atoms with E-state index in [0.717, 1.165) is 28.7 Å². The summed E-state index contributed by atoms with van der Waals surface area (Å²) in [6.45, 7) is 0.786. The zero-order chi connectivity index (χ0) is 11.4. The van der Waals surface area contributed by atoms with E-state index < -0.39 is 0 Å². The molecular formula is C11H15ClN2OS. The van der Waals surface area contributed by atoms with Crippen molar-refractivity contribution in [1.82, 2.24) is 5.43 Å². The van der Waals surface area contributed by atoms with Gasteiger partial charge in [0.2, 0.25) is 0 Å². The van der Waals surface area contributed by atoms with Gasteiger partial charge in [0.05, 0.1) is 18.8 Å². The van der Waals surface area contributed by atoms with E-state index >= 15 is 0 Å². The molecule has 5 heteroatoms. The summed E-state index contributed by atoms with van der Waals surface area (Å²) in [5.41, 5.74) is 3.89. The maximum atomic E-state index is 5.97. The van der Waals surface area contributed by atoms with Crippen molar-refractivity contribution in [3.8, 4) is 0 Å². The fraction of sp³-hybridized carbons (Fsp3) is 0.455. The maximum absolute atomic E-state index is 5.97. The molecule has 1 aromatic carbocycles. The van der Waals surface area contributed by atoms with Gasteiger partial charge in [-0.05, 0) is 17.7 Å². The van der Waals surface area contributed by atoms with Gasteiger partial charge in [-0.1, -0.05) is 23.7 Å². The molecule has 0 radical (unpaired) electrons. The number of halogens is 1. The van der Waals surface area contributed by atoms with Crippen LogP contribution in [0.2, 0.25) is 5.02 Å². The normalized spacial score (nSPS) is 23.0. The molecule has 0 spiro atoms. The van der Waals surface area contributed by atoms with E-state index in [-0.39, 0.29) is 12.1 Å². The number of thioether (sulfide) groups is 1. The van der Waals surface area contributed by atoms with E-state index in [4.69, 9.17) is 22.2 Å². The topological polar surface area (TPSA) is 47.3 Å². The summed E-state index contributed by atoms with van der Waals surface area (Å²) in [6, 6.07) is 7.73. The summed E-state index contributed by atoms with van der Waals surface area (Å²) in [7, 11) is 0. The van der Waals surface area contributed by atoms with Crippen molar-refractivity contribution in [2.45, 2.75) is 12.1 Å². The van der Waals surface area contributed by atoms with Crippen molar-refractivity contribution < 1.29 is 4.74 Å². The standard InChI is InChI=1S/C11H15ClN2OS/c12-9-3-1-2-8(6-9)11(14-13)10-7-16-5-4-15-10/h1-3,6,10-11,14H,4-5,7,13H2. The van der Waals surface area contributed by atoms with E-state index in [1.807, 2.05) is 36.0 Å². The molecule has 2 atom stereocenters. The molecule has 1 fully saturated rings. The summed E-state index contributed by atoms with van der Waals surface area (Å²) in [5.74, 6) is 7.62. The van der Waals surface area contributed by atoms with E-state index in [1.165, 1.54) is 0 Å². The predicted molar refractivity (Wildman–Crippen MR) is 68.6 cm³/mol. The van der Waals surface area contributed by atoms with Crippen molar-refractivity contribution in [2.24, 2.45) is 5.84 Å². The minimum Gasteiger partial charge on any atom is -0.374 e. The number of hydrogen-bond donors (Lipinski definition) is 2. The molecular weight excluding hydrogens is 244 g/mol. The van der Waals surface area contributed by atoms with Gasteiger partial charge in [0, 0.05) is 16.5 Å². The molecule has 0 bridgehead atoms. The van der Waals surface area contributed by atoms with Gasteiger partial charge in [-0.3, -0.25) is 11.3 Å². The molecule has 0 amide bonds. The highest BCUT2D eigenvalue weighted by Crippen LogP contribution is 2.26. The third-order valence-corrected chi connectivity index (χ3v) is 3.86. The van der Waals surface area contributed by atoms with Gasteiger partial charge in [0.15, 0.2) is 0 Å². The monoisotopic (exact) mass is 258 g/mol. The Bertz CT molecular complexity index is 345. The van der Waals surface area contributed by atoms with Crippen LogP contribution in [0.1, 0.15) is 11.6 Å². The Labute approximate surface area is 105 Å². The van der Waals surface area contributed by atoms with Crippen LogP contribution >= 0.6 is 23.4 Å². The number of nitrogens with two attached hydrogens (primary N) is 1. The summed E-state index contributed by atoms with van der Waals surface area (Å²) in [6.07, 6.45) is 0.113. The molecule has 0 aromatic heterocycles. The largest absolute Gasteiger partial charge is 0.374 e. The van der Waals surface area contributed by atoms with Gasteiger partial charge in [0.25, 0.3) is 0 Å². The Morgan fingerprint density at radius 3 is 3.06 bits per heavy atom. The number of hydrazine groups is 1. The molecule has 1 aromatic rings. The van der Waals surface area contributed by atoms with Crippen LogP contribution < -0.4 is 11.3 Å². The van der Waals surface area contributed by atoms with E-state index in [0.29, 0.717) is 0 Å². The summed E-state index contributed by atoms with van der Waals surface area (Å²) >= 11 is 7.86. The Balaban J connectivity index is 2.14. The van der Waals surface area contributed by atoms with Crippen LogP contribution in [0.4, 0.5) is 0 Å². The van der Waals surface area contributed by atoms with Gasteiger partial charge in [0.1, 0.15) is 0 Å². The molecule has 0 saturated carbocycles. The van der Waals surface area contributed by atoms with Crippen LogP contribution in [-0.2, 0) is 4.74 Å². The lowest BCUT2D eigenvalue weighted by Gasteiger charge is -2.30. The SMILES string of the molecule is NNC(c1cccc(Cl)c1)C1CSCCO1. The summed E-state index contributed by atoms with van der Waals surface area (Å²) in [4.78, 5) is 0. The second-order valence-electron chi connectivity index (χ2n) is 3.68. The van der Waals surface area contributed by atoms with Gasteiger partial charge in [-0.2, -0.15) is 11.8 Å². The molecule has 3 N–H and O–H groups in total. The predicted octanol–water partition coefficient (Wildman–Crippen LogP) is 1.98. The Morgan fingerprint density at radius 1 is 1.56 bits per heavy atom. The van der Waals surface area contributed by atoms with Crippen LogP contribution in [0.5, 0.6) is 0 Å². The molecule has 2 rings (SSSR count). The van der Waals surface area contributed by atoms with Gasteiger partial charge < -0.3 is 4.74 Å². The van der Waals surface area contributed by atoms with E-state index in [1.54, 1.807) is 0 Å². The molecule has 3 nitrogen and oxygen atoms in total. The van der Waals surface area contributed by atoms with Gasteiger partial charge in [-0.15, -0.1) is 0 Å². The molecule has 2 unspecified atom stereocenters. The fourth-order valence-electron chi connectivity index (χ4n) is 1.82. The molecule has 88 valence electrons. The number of rotatable bonds is 3. The zero-order valence-corrected chi connectivity index (χ0v) is 10.4. The van der Waals surface area contributed by atoms with Crippen LogP contribution in [0.3, 0.4) is 0 Å². The third kappa shape index (κ3) is 2.90. The molecule has 16 heavy (non-hydrogen) atoms. The molecule has 0 aliphatic carbocycles. The van der Waals surface area contributed by atoms with Crippen molar-refractivity contribution >= 4 is 23.4 Å². The van der Waals surface area contributed by atoms with Gasteiger partial charge in [-0.25, -0.2) is 0 Å². The smallest absolute Gasteiger partial charge is 0.0873 e. The molecule has 1 heterocycles. The fourth-order valence-corrected chi connectivity index (χ4v) is 2.92. The lowest BCUT2D eigenvalue weighted by molar-refractivity contribution is 0.0468. The minimum atomic E-state index is 0.00602. The Hall–Kier alpha value is -0.260.